The summed E-state index contributed by atoms with van der Waals surface area (Å²) in [5.41, 5.74) is 2.02. The van der Waals surface area contributed by atoms with E-state index in [0.29, 0.717) is 18.7 Å². The Bertz CT molecular complexity index is 1200. The van der Waals surface area contributed by atoms with Gasteiger partial charge in [-0.3, -0.25) is 19.0 Å². The molecule has 8 nitrogen and oxygen atoms in total. The summed E-state index contributed by atoms with van der Waals surface area (Å²) in [7, 11) is 1.61. The van der Waals surface area contributed by atoms with Crippen molar-refractivity contribution in [1.29, 1.82) is 0 Å². The molecule has 1 aliphatic rings. The van der Waals surface area contributed by atoms with Gasteiger partial charge in [-0.2, -0.15) is 0 Å². The number of nitrogens with one attached hydrogen (secondary N) is 2. The van der Waals surface area contributed by atoms with Gasteiger partial charge in [0, 0.05) is 18.7 Å². The Morgan fingerprint density at radius 2 is 1.72 bits per heavy atom. The molecule has 1 aliphatic heterocycles. The van der Waals surface area contributed by atoms with E-state index < -0.39 is 17.3 Å². The van der Waals surface area contributed by atoms with Gasteiger partial charge < -0.3 is 15.5 Å². The van der Waals surface area contributed by atoms with Gasteiger partial charge in [0.1, 0.15) is 23.9 Å². The molecule has 0 spiro atoms. The van der Waals surface area contributed by atoms with Crippen molar-refractivity contribution in [1.82, 2.24) is 19.8 Å². The Hall–Kier alpha value is -3.85. The second-order valence-corrected chi connectivity index (χ2v) is 7.49. The van der Waals surface area contributed by atoms with Crippen LogP contribution in [0.25, 0.3) is 11.4 Å². The number of fused-ring (bicyclic) bond motifs is 1. The predicted molar refractivity (Wildman–Crippen MR) is 117 cm³/mol. The first-order valence-corrected chi connectivity index (χ1v) is 10.1. The molecular weight excluding hydrogens is 413 g/mol. The highest BCUT2D eigenvalue weighted by molar-refractivity contribution is 5.92. The second kappa shape index (κ2) is 9.11. The lowest BCUT2D eigenvalue weighted by molar-refractivity contribution is -0.132. The van der Waals surface area contributed by atoms with E-state index in [-0.39, 0.29) is 30.5 Å². The summed E-state index contributed by atoms with van der Waals surface area (Å²) in [5, 5.41) is 5.22. The van der Waals surface area contributed by atoms with E-state index in [1.807, 2.05) is 24.3 Å². The third kappa shape index (κ3) is 4.42. The van der Waals surface area contributed by atoms with Crippen LogP contribution in [0.15, 0.2) is 59.5 Å². The largest absolute Gasteiger partial charge is 0.332 e. The van der Waals surface area contributed by atoms with E-state index in [1.165, 1.54) is 35.0 Å². The average molecular weight is 435 g/mol. The van der Waals surface area contributed by atoms with Crippen LogP contribution in [0.1, 0.15) is 11.1 Å². The maximum Gasteiger partial charge on any atom is 0.278 e. The fourth-order valence-corrected chi connectivity index (χ4v) is 3.65. The van der Waals surface area contributed by atoms with Gasteiger partial charge >= 0.3 is 0 Å². The molecule has 0 bridgehead atoms. The minimum absolute atomic E-state index is 0.0180. The summed E-state index contributed by atoms with van der Waals surface area (Å²) >= 11 is 0. The minimum Gasteiger partial charge on any atom is -0.332 e. The molecule has 3 aromatic rings. The topological polar surface area (TPSA) is 96.3 Å². The van der Waals surface area contributed by atoms with Crippen molar-refractivity contribution in [2.75, 3.05) is 18.9 Å². The van der Waals surface area contributed by atoms with E-state index in [9.17, 15) is 18.8 Å². The Labute approximate surface area is 183 Å². The highest BCUT2D eigenvalue weighted by Gasteiger charge is 2.25. The first-order chi connectivity index (χ1) is 15.5. The molecule has 2 heterocycles. The highest BCUT2D eigenvalue weighted by Crippen LogP contribution is 2.23. The van der Waals surface area contributed by atoms with Gasteiger partial charge in [-0.15, -0.1) is 0 Å². The van der Waals surface area contributed by atoms with Crippen LogP contribution in [0.3, 0.4) is 0 Å². The van der Waals surface area contributed by atoms with Crippen LogP contribution in [0.5, 0.6) is 0 Å². The molecule has 0 saturated carbocycles. The number of hydrogen-bond acceptors (Lipinski definition) is 5. The zero-order valence-corrected chi connectivity index (χ0v) is 17.5. The number of nitrogens with zero attached hydrogens (tertiary/aromatic N) is 3. The molecule has 4 rings (SSSR count). The summed E-state index contributed by atoms with van der Waals surface area (Å²) < 4.78 is 14.6. The number of amides is 2. The first kappa shape index (κ1) is 21.4. The quantitative estimate of drug-likeness (QED) is 0.615. The number of anilines is 1. The van der Waals surface area contributed by atoms with Crippen LogP contribution in [0, 0.1) is 5.82 Å². The molecule has 0 fully saturated rings. The van der Waals surface area contributed by atoms with Gasteiger partial charge in [-0.25, -0.2) is 9.37 Å². The van der Waals surface area contributed by atoms with Crippen molar-refractivity contribution in [2.24, 2.45) is 0 Å². The predicted octanol–water partition coefficient (Wildman–Crippen LogP) is 1.75. The summed E-state index contributed by atoms with van der Waals surface area (Å²) in [6.45, 7) is 0.676. The van der Waals surface area contributed by atoms with Crippen LogP contribution in [0.2, 0.25) is 0 Å². The number of halogens is 1. The number of rotatable bonds is 6. The maximum absolute atomic E-state index is 13.4. The number of benzene rings is 2. The first-order valence-electron chi connectivity index (χ1n) is 10.1. The van der Waals surface area contributed by atoms with E-state index in [0.717, 1.165) is 11.1 Å². The standard InChI is InChI=1S/C23H22FN5O3/c1-25-11-20(30)27-19-10-26-22(15-6-8-18(24)9-7-15)29(23(19)32)14-21(31)28-12-16-4-2-3-5-17(16)13-28/h2-10,25H,11-14H2,1H3,(H,27,30). The van der Waals surface area contributed by atoms with E-state index in [4.69, 9.17) is 0 Å². The second-order valence-electron chi connectivity index (χ2n) is 7.49. The molecule has 9 heteroatoms. The fraction of sp³-hybridized carbons (Fsp3) is 0.217. The molecule has 2 amide bonds. The van der Waals surface area contributed by atoms with Crippen molar-refractivity contribution in [2.45, 2.75) is 19.6 Å². The molecule has 0 unspecified atom stereocenters. The smallest absolute Gasteiger partial charge is 0.278 e. The average Bonchev–Trinajstić information content (AvgIpc) is 3.22. The van der Waals surface area contributed by atoms with E-state index in [2.05, 4.69) is 15.6 Å². The summed E-state index contributed by atoms with van der Waals surface area (Å²) in [6, 6.07) is 13.3. The molecule has 164 valence electrons. The third-order valence-corrected chi connectivity index (χ3v) is 5.25. The minimum atomic E-state index is -0.561. The zero-order chi connectivity index (χ0) is 22.7. The van der Waals surface area contributed by atoms with Crippen LogP contribution in [-0.4, -0.2) is 39.9 Å². The Morgan fingerprint density at radius 1 is 1.06 bits per heavy atom. The van der Waals surface area contributed by atoms with Gasteiger partial charge in [0.05, 0.1) is 12.7 Å². The van der Waals surface area contributed by atoms with Gasteiger partial charge in [-0.1, -0.05) is 24.3 Å². The fourth-order valence-electron chi connectivity index (χ4n) is 3.65. The number of aromatic nitrogens is 2. The Balaban J connectivity index is 1.67. The van der Waals surface area contributed by atoms with Crippen LogP contribution < -0.4 is 16.2 Å². The number of hydrogen-bond donors (Lipinski definition) is 2. The highest BCUT2D eigenvalue weighted by atomic mass is 19.1. The summed E-state index contributed by atoms with van der Waals surface area (Å²) in [6.07, 6.45) is 1.25. The SMILES string of the molecule is CNCC(=O)Nc1cnc(-c2ccc(F)cc2)n(CC(=O)N2Cc3ccccc3C2)c1=O. The van der Waals surface area contributed by atoms with Crippen molar-refractivity contribution in [3.63, 3.8) is 0 Å². The van der Waals surface area contributed by atoms with Crippen molar-refractivity contribution < 1.29 is 14.0 Å². The molecule has 0 saturated heterocycles. The number of likely N-dealkylation sites (N-methyl/N-ethyl adjacent to an activating group) is 1. The molecule has 32 heavy (non-hydrogen) atoms. The van der Waals surface area contributed by atoms with Gasteiger partial charge in [0.25, 0.3) is 5.56 Å². The lowest BCUT2D eigenvalue weighted by Gasteiger charge is -2.19. The molecule has 2 N–H and O–H groups in total. The monoisotopic (exact) mass is 435 g/mol. The molecule has 2 aromatic carbocycles. The molecule has 0 aliphatic carbocycles. The molecule has 0 radical (unpaired) electrons. The van der Waals surface area contributed by atoms with Crippen molar-refractivity contribution in [3.8, 4) is 11.4 Å². The maximum atomic E-state index is 13.4. The van der Waals surface area contributed by atoms with Crippen molar-refractivity contribution >= 4 is 17.5 Å². The van der Waals surface area contributed by atoms with Gasteiger partial charge in [0.2, 0.25) is 11.8 Å². The number of carbonyl (C=O) groups excluding carboxylic acids is 2. The van der Waals surface area contributed by atoms with Crippen LogP contribution in [0.4, 0.5) is 10.1 Å². The lowest BCUT2D eigenvalue weighted by atomic mass is 10.1. The molecule has 0 atom stereocenters. The van der Waals surface area contributed by atoms with E-state index in [1.54, 1.807) is 11.9 Å². The number of carbonyl (C=O) groups is 2. The lowest BCUT2D eigenvalue weighted by Crippen LogP contribution is -2.36. The third-order valence-electron chi connectivity index (χ3n) is 5.25. The normalized spacial score (nSPS) is 12.5. The molecule has 1 aromatic heterocycles. The summed E-state index contributed by atoms with van der Waals surface area (Å²) in [4.78, 5) is 44.2. The Morgan fingerprint density at radius 3 is 2.34 bits per heavy atom. The summed E-state index contributed by atoms with van der Waals surface area (Å²) in [5.74, 6) is -0.878. The van der Waals surface area contributed by atoms with Gasteiger partial charge in [-0.05, 0) is 42.4 Å². The Kier molecular flexibility index (Phi) is 6.09. The molecular formula is C23H22FN5O3. The van der Waals surface area contributed by atoms with E-state index >= 15 is 0 Å². The van der Waals surface area contributed by atoms with Crippen LogP contribution >= 0.6 is 0 Å². The van der Waals surface area contributed by atoms with Gasteiger partial charge in [0.15, 0.2) is 0 Å². The van der Waals surface area contributed by atoms with Crippen LogP contribution in [-0.2, 0) is 29.2 Å². The van der Waals surface area contributed by atoms with Crippen molar-refractivity contribution in [3.05, 3.63) is 82.0 Å². The zero-order valence-electron chi connectivity index (χ0n) is 17.5.